The minimum atomic E-state index is -4.63. The fourth-order valence-corrected chi connectivity index (χ4v) is 3.06. The number of aromatic hydroxyl groups is 1. The van der Waals surface area contributed by atoms with E-state index in [1.54, 1.807) is 18.2 Å². The molecule has 0 radical (unpaired) electrons. The Hall–Kier alpha value is -3.53. The third kappa shape index (κ3) is 5.34. The summed E-state index contributed by atoms with van der Waals surface area (Å²) >= 11 is 5.91. The number of halogens is 4. The van der Waals surface area contributed by atoms with Crippen molar-refractivity contribution in [2.45, 2.75) is 18.6 Å². The largest absolute Gasteiger partial charge is 0.493 e. The van der Waals surface area contributed by atoms with Crippen LogP contribution < -0.4 is 5.32 Å². The highest BCUT2D eigenvalue weighted by atomic mass is 35.5. The Morgan fingerprint density at radius 1 is 1.13 bits per heavy atom. The second kappa shape index (κ2) is 8.68. The van der Waals surface area contributed by atoms with Crippen molar-refractivity contribution < 1.29 is 33.0 Å². The van der Waals surface area contributed by atoms with Crippen molar-refractivity contribution in [1.29, 1.82) is 0 Å². The van der Waals surface area contributed by atoms with Gasteiger partial charge in [-0.1, -0.05) is 29.8 Å². The number of nitrogens with zero attached hydrogens (tertiary/aromatic N) is 2. The van der Waals surface area contributed by atoms with Gasteiger partial charge in [0, 0.05) is 11.1 Å². The number of hydrogen-bond acceptors (Lipinski definition) is 4. The van der Waals surface area contributed by atoms with E-state index >= 15 is 0 Å². The number of carbonyl (C=O) groups is 2. The van der Waals surface area contributed by atoms with E-state index in [0.717, 1.165) is 28.9 Å². The van der Waals surface area contributed by atoms with Gasteiger partial charge in [-0.3, -0.25) is 9.59 Å². The lowest BCUT2D eigenvalue weighted by molar-refractivity contribution is -0.138. The normalized spacial score (nSPS) is 12.4. The molecular formula is C20H15ClF3N3O4. The number of alkyl halides is 3. The van der Waals surface area contributed by atoms with E-state index in [0.29, 0.717) is 10.7 Å². The minimum absolute atomic E-state index is 0.0379. The summed E-state index contributed by atoms with van der Waals surface area (Å²) in [5, 5.41) is 25.9. The predicted octanol–water partition coefficient (Wildman–Crippen LogP) is 4.20. The Labute approximate surface area is 178 Å². The quantitative estimate of drug-likeness (QED) is 0.519. The molecule has 0 fully saturated rings. The highest BCUT2D eigenvalue weighted by molar-refractivity contribution is 6.30. The molecule has 11 heteroatoms. The van der Waals surface area contributed by atoms with E-state index in [9.17, 15) is 27.9 Å². The van der Waals surface area contributed by atoms with Gasteiger partial charge >= 0.3 is 12.1 Å². The van der Waals surface area contributed by atoms with Crippen LogP contribution in [-0.2, 0) is 11.0 Å². The lowest BCUT2D eigenvalue weighted by Gasteiger charge is -2.18. The molecule has 0 aliphatic rings. The number of nitrogens with one attached hydrogen (secondary N) is 1. The summed E-state index contributed by atoms with van der Waals surface area (Å²) in [7, 11) is 0. The molecule has 1 atom stereocenters. The average molecular weight is 454 g/mol. The molecule has 0 saturated heterocycles. The van der Waals surface area contributed by atoms with Crippen LogP contribution in [0.25, 0.3) is 5.69 Å². The molecule has 3 N–H and O–H groups in total. The maximum Gasteiger partial charge on any atom is 0.416 e. The third-order valence-corrected chi connectivity index (χ3v) is 4.51. The zero-order valence-electron chi connectivity index (χ0n) is 15.6. The first-order valence-electron chi connectivity index (χ1n) is 8.79. The Bertz CT molecular complexity index is 1130. The molecule has 3 aromatic rings. The van der Waals surface area contributed by atoms with Crippen LogP contribution in [0.15, 0.2) is 54.6 Å². The van der Waals surface area contributed by atoms with Crippen molar-refractivity contribution in [2.24, 2.45) is 0 Å². The number of hydrogen-bond donors (Lipinski definition) is 3. The summed E-state index contributed by atoms with van der Waals surface area (Å²) in [5.41, 5.74) is -0.912. The Kier molecular flexibility index (Phi) is 6.21. The number of aliphatic carboxylic acids is 1. The van der Waals surface area contributed by atoms with Gasteiger partial charge in [0.1, 0.15) is 0 Å². The average Bonchev–Trinajstić information content (AvgIpc) is 3.08. The first-order valence-corrected chi connectivity index (χ1v) is 9.17. The zero-order chi connectivity index (χ0) is 22.8. The fourth-order valence-electron chi connectivity index (χ4n) is 2.87. The van der Waals surface area contributed by atoms with Crippen LogP contribution in [0.4, 0.5) is 13.2 Å². The van der Waals surface area contributed by atoms with Crippen molar-refractivity contribution in [3.63, 3.8) is 0 Å². The number of benzene rings is 2. The number of rotatable bonds is 6. The van der Waals surface area contributed by atoms with Crippen LogP contribution in [0.2, 0.25) is 5.02 Å². The minimum Gasteiger partial charge on any atom is -0.493 e. The fraction of sp³-hybridized carbons (Fsp3) is 0.150. The number of carbonyl (C=O) groups excluding carboxylic acids is 1. The van der Waals surface area contributed by atoms with Crippen LogP contribution in [0.1, 0.15) is 34.1 Å². The molecule has 0 spiro atoms. The van der Waals surface area contributed by atoms with Crippen LogP contribution in [-0.4, -0.2) is 31.9 Å². The first kappa shape index (κ1) is 22.2. The maximum atomic E-state index is 13.0. The molecule has 0 aliphatic carbocycles. The third-order valence-electron chi connectivity index (χ3n) is 4.28. The number of carboxylic acid groups (broad SMARTS) is 1. The SMILES string of the molecule is O=C(O)C[C@H](NC(=O)c1cc(O)n(-c2cccc(Cl)c2)n1)c1cccc(C(F)(F)F)c1. The first-order chi connectivity index (χ1) is 14.5. The lowest BCUT2D eigenvalue weighted by Crippen LogP contribution is -2.30. The summed E-state index contributed by atoms with van der Waals surface area (Å²) in [5.74, 6) is -2.59. The second-order valence-corrected chi connectivity index (χ2v) is 6.96. The van der Waals surface area contributed by atoms with Gasteiger partial charge in [-0.2, -0.15) is 18.3 Å². The van der Waals surface area contributed by atoms with E-state index in [-0.39, 0.29) is 17.1 Å². The van der Waals surface area contributed by atoms with Gasteiger partial charge in [-0.15, -0.1) is 0 Å². The Morgan fingerprint density at radius 3 is 2.48 bits per heavy atom. The van der Waals surface area contributed by atoms with Crippen LogP contribution in [0.5, 0.6) is 5.88 Å². The zero-order valence-corrected chi connectivity index (χ0v) is 16.4. The van der Waals surface area contributed by atoms with Gasteiger partial charge in [-0.05, 0) is 35.9 Å². The van der Waals surface area contributed by atoms with Crippen molar-refractivity contribution in [2.75, 3.05) is 0 Å². The summed E-state index contributed by atoms with van der Waals surface area (Å²) in [6.07, 6.45) is -5.29. The standard InChI is InChI=1S/C20H15ClF3N3O4/c21-13-5-2-6-14(8-13)27-17(28)9-16(26-27)19(31)25-15(10-18(29)30)11-3-1-4-12(7-11)20(22,23)24/h1-9,15,28H,10H2,(H,25,31)(H,29,30)/t15-/m0/s1. The van der Waals surface area contributed by atoms with E-state index in [2.05, 4.69) is 10.4 Å². The van der Waals surface area contributed by atoms with Crippen molar-refractivity contribution in [3.05, 3.63) is 76.4 Å². The van der Waals surface area contributed by atoms with Gasteiger partial charge < -0.3 is 15.5 Å². The molecule has 1 amide bonds. The maximum absolute atomic E-state index is 13.0. The molecule has 7 nitrogen and oxygen atoms in total. The molecule has 31 heavy (non-hydrogen) atoms. The van der Waals surface area contributed by atoms with Crippen molar-refractivity contribution in [1.82, 2.24) is 15.1 Å². The summed E-state index contributed by atoms with van der Waals surface area (Å²) in [6, 6.07) is 10.1. The van der Waals surface area contributed by atoms with Gasteiger partial charge in [0.25, 0.3) is 5.91 Å². The monoisotopic (exact) mass is 453 g/mol. The molecule has 1 aromatic heterocycles. The molecule has 3 rings (SSSR count). The highest BCUT2D eigenvalue weighted by Crippen LogP contribution is 2.31. The lowest BCUT2D eigenvalue weighted by atomic mass is 10.0. The Morgan fingerprint density at radius 2 is 1.84 bits per heavy atom. The van der Waals surface area contributed by atoms with E-state index in [4.69, 9.17) is 16.7 Å². The molecule has 0 bridgehead atoms. The van der Waals surface area contributed by atoms with Gasteiger partial charge in [-0.25, -0.2) is 4.68 Å². The van der Waals surface area contributed by atoms with E-state index in [1.165, 1.54) is 12.1 Å². The second-order valence-electron chi connectivity index (χ2n) is 6.53. The van der Waals surface area contributed by atoms with Crippen LogP contribution in [0.3, 0.4) is 0 Å². The van der Waals surface area contributed by atoms with Crippen LogP contribution >= 0.6 is 11.6 Å². The molecule has 0 aliphatic heterocycles. The summed E-state index contributed by atoms with van der Waals surface area (Å²) in [6.45, 7) is 0. The van der Waals surface area contributed by atoms with E-state index in [1.807, 2.05) is 0 Å². The van der Waals surface area contributed by atoms with Gasteiger partial charge in [0.05, 0.1) is 23.7 Å². The summed E-state index contributed by atoms with van der Waals surface area (Å²) < 4.78 is 40.1. The molecule has 0 unspecified atom stereocenters. The van der Waals surface area contributed by atoms with Crippen molar-refractivity contribution >= 4 is 23.5 Å². The number of carboxylic acids is 1. The molecule has 2 aromatic carbocycles. The predicted molar refractivity (Wildman–Crippen MR) is 104 cm³/mol. The van der Waals surface area contributed by atoms with Crippen molar-refractivity contribution in [3.8, 4) is 11.6 Å². The number of amides is 1. The van der Waals surface area contributed by atoms with Gasteiger partial charge in [0.15, 0.2) is 5.69 Å². The Balaban J connectivity index is 1.89. The smallest absolute Gasteiger partial charge is 0.416 e. The summed E-state index contributed by atoms with van der Waals surface area (Å²) in [4.78, 5) is 23.8. The topological polar surface area (TPSA) is 104 Å². The van der Waals surface area contributed by atoms with Gasteiger partial charge in [0.2, 0.25) is 5.88 Å². The molecular weight excluding hydrogens is 439 g/mol. The van der Waals surface area contributed by atoms with E-state index < -0.39 is 36.1 Å². The molecule has 0 saturated carbocycles. The highest BCUT2D eigenvalue weighted by Gasteiger charge is 2.31. The molecule has 162 valence electrons. The molecule has 1 heterocycles. The number of aromatic nitrogens is 2. The van der Waals surface area contributed by atoms with Crippen LogP contribution in [0, 0.1) is 0 Å².